The summed E-state index contributed by atoms with van der Waals surface area (Å²) < 4.78 is 28.9. The van der Waals surface area contributed by atoms with Gasteiger partial charge in [-0.2, -0.15) is 9.61 Å². The molecular weight excluding hydrogens is 472 g/mol. The van der Waals surface area contributed by atoms with Crippen molar-refractivity contribution in [2.24, 2.45) is 0 Å². The van der Waals surface area contributed by atoms with Crippen molar-refractivity contribution < 1.29 is 13.2 Å². The third-order valence-electron chi connectivity index (χ3n) is 4.99. The maximum atomic E-state index is 12.4. The molecule has 9 nitrogen and oxygen atoms in total. The zero-order valence-electron chi connectivity index (χ0n) is 18.5. The van der Waals surface area contributed by atoms with Crippen LogP contribution >= 0.6 is 11.8 Å². The molecule has 4 rings (SSSR count). The van der Waals surface area contributed by atoms with Crippen LogP contribution in [0.2, 0.25) is 0 Å². The van der Waals surface area contributed by atoms with Crippen LogP contribution in [0, 0.1) is 0 Å². The van der Waals surface area contributed by atoms with Crippen LogP contribution in [-0.4, -0.2) is 46.4 Å². The van der Waals surface area contributed by atoms with Crippen LogP contribution in [0.25, 0.3) is 5.65 Å². The first-order valence-electron chi connectivity index (χ1n) is 10.7. The lowest BCUT2D eigenvalue weighted by atomic mass is 10.1. The van der Waals surface area contributed by atoms with Gasteiger partial charge in [0.2, 0.25) is 15.9 Å². The SMILES string of the molecule is CCc1ccc(NC(=O)CSc2ccc3nnc(CCNS(=O)(=O)c4ccccc4)n3n2)cc1. The van der Waals surface area contributed by atoms with Crippen molar-refractivity contribution in [1.82, 2.24) is 24.5 Å². The molecule has 0 bridgehead atoms. The minimum atomic E-state index is -3.60. The van der Waals surface area contributed by atoms with E-state index in [1.165, 1.54) is 29.5 Å². The summed E-state index contributed by atoms with van der Waals surface area (Å²) in [6.07, 6.45) is 1.25. The van der Waals surface area contributed by atoms with Crippen LogP contribution in [0.4, 0.5) is 5.69 Å². The second-order valence-corrected chi connectivity index (χ2v) is 10.2. The number of carbonyl (C=O) groups is 1. The molecule has 1 amide bonds. The Kier molecular flexibility index (Phi) is 7.56. The fourth-order valence-electron chi connectivity index (χ4n) is 3.19. The maximum absolute atomic E-state index is 12.4. The summed E-state index contributed by atoms with van der Waals surface area (Å²) in [7, 11) is -3.60. The van der Waals surface area contributed by atoms with Gasteiger partial charge < -0.3 is 5.32 Å². The minimum absolute atomic E-state index is 0.129. The fraction of sp³-hybridized carbons (Fsp3) is 0.217. The van der Waals surface area contributed by atoms with E-state index in [1.807, 2.05) is 24.3 Å². The van der Waals surface area contributed by atoms with Crippen molar-refractivity contribution in [2.75, 3.05) is 17.6 Å². The van der Waals surface area contributed by atoms with Gasteiger partial charge in [-0.15, -0.1) is 10.2 Å². The predicted molar refractivity (Wildman–Crippen MR) is 131 cm³/mol. The summed E-state index contributed by atoms with van der Waals surface area (Å²) in [5.41, 5.74) is 2.51. The standard InChI is InChI=1S/C23H24N6O3S2/c1-2-17-8-10-18(11-9-17)25-22(30)16-33-23-13-12-20-26-27-21(29(20)28-23)14-15-24-34(31,32)19-6-4-3-5-7-19/h3-13,24H,2,14-16H2,1H3,(H,25,30). The molecule has 34 heavy (non-hydrogen) atoms. The van der Waals surface area contributed by atoms with Crippen LogP contribution in [0.3, 0.4) is 0 Å². The van der Waals surface area contributed by atoms with E-state index in [0.29, 0.717) is 22.9 Å². The highest BCUT2D eigenvalue weighted by Gasteiger charge is 2.14. The molecule has 0 aliphatic rings. The molecule has 2 aromatic carbocycles. The molecule has 4 aromatic rings. The normalized spacial score (nSPS) is 11.6. The second-order valence-electron chi connectivity index (χ2n) is 7.41. The van der Waals surface area contributed by atoms with E-state index < -0.39 is 10.0 Å². The minimum Gasteiger partial charge on any atom is -0.325 e. The number of rotatable bonds is 10. The van der Waals surface area contributed by atoms with Crippen LogP contribution in [-0.2, 0) is 27.7 Å². The maximum Gasteiger partial charge on any atom is 0.240 e. The lowest BCUT2D eigenvalue weighted by Crippen LogP contribution is -2.26. The monoisotopic (exact) mass is 496 g/mol. The highest BCUT2D eigenvalue weighted by atomic mass is 32.2. The van der Waals surface area contributed by atoms with Gasteiger partial charge in [0.25, 0.3) is 0 Å². The van der Waals surface area contributed by atoms with Crippen LogP contribution in [0.5, 0.6) is 0 Å². The Morgan fingerprint density at radius 2 is 1.76 bits per heavy atom. The van der Waals surface area contributed by atoms with Crippen molar-refractivity contribution in [2.45, 2.75) is 29.7 Å². The van der Waals surface area contributed by atoms with Gasteiger partial charge in [0.05, 0.1) is 10.6 Å². The first-order chi connectivity index (χ1) is 16.4. The van der Waals surface area contributed by atoms with Crippen molar-refractivity contribution in [3.05, 3.63) is 78.1 Å². The molecule has 0 radical (unpaired) electrons. The van der Waals surface area contributed by atoms with E-state index in [0.717, 1.165) is 12.1 Å². The van der Waals surface area contributed by atoms with Gasteiger partial charge in [-0.25, -0.2) is 13.1 Å². The average Bonchev–Trinajstić information content (AvgIpc) is 3.26. The summed E-state index contributed by atoms with van der Waals surface area (Å²) >= 11 is 1.30. The van der Waals surface area contributed by atoms with Gasteiger partial charge in [-0.1, -0.05) is 49.0 Å². The summed E-state index contributed by atoms with van der Waals surface area (Å²) in [6, 6.07) is 19.5. The van der Waals surface area contributed by atoms with Crippen LogP contribution in [0.1, 0.15) is 18.3 Å². The number of nitrogens with one attached hydrogen (secondary N) is 2. The number of aryl methyl sites for hydroxylation is 1. The molecule has 0 saturated carbocycles. The number of nitrogens with zero attached hydrogens (tertiary/aromatic N) is 4. The number of fused-ring (bicyclic) bond motifs is 1. The fourth-order valence-corrected chi connectivity index (χ4v) is 4.90. The highest BCUT2D eigenvalue weighted by Crippen LogP contribution is 2.17. The number of amides is 1. The van der Waals surface area contributed by atoms with Gasteiger partial charge in [-0.05, 0) is 48.4 Å². The first kappa shape index (κ1) is 23.9. The molecule has 176 valence electrons. The van der Waals surface area contributed by atoms with Gasteiger partial charge in [0.1, 0.15) is 5.03 Å². The van der Waals surface area contributed by atoms with Gasteiger partial charge >= 0.3 is 0 Å². The van der Waals surface area contributed by atoms with Crippen LogP contribution < -0.4 is 10.0 Å². The number of benzene rings is 2. The molecule has 0 spiro atoms. The Hall–Kier alpha value is -3.28. The Bertz CT molecular complexity index is 1370. The first-order valence-corrected chi connectivity index (χ1v) is 13.2. The Morgan fingerprint density at radius 3 is 2.50 bits per heavy atom. The number of thioether (sulfide) groups is 1. The van der Waals surface area contributed by atoms with E-state index in [4.69, 9.17) is 0 Å². The topological polar surface area (TPSA) is 118 Å². The van der Waals surface area contributed by atoms with Crippen molar-refractivity contribution in [3.8, 4) is 0 Å². The Morgan fingerprint density at radius 1 is 1.00 bits per heavy atom. The predicted octanol–water partition coefficient (Wildman–Crippen LogP) is 2.94. The van der Waals surface area contributed by atoms with E-state index in [2.05, 4.69) is 32.3 Å². The van der Waals surface area contributed by atoms with Crippen LogP contribution in [0.15, 0.2) is 76.7 Å². The summed E-state index contributed by atoms with van der Waals surface area (Å²) in [5.74, 6) is 0.589. The molecule has 0 saturated heterocycles. The van der Waals surface area contributed by atoms with Crippen molar-refractivity contribution in [1.29, 1.82) is 0 Å². The highest BCUT2D eigenvalue weighted by molar-refractivity contribution is 7.99. The third-order valence-corrected chi connectivity index (χ3v) is 7.39. The molecule has 2 aromatic heterocycles. The Labute approximate surface area is 202 Å². The second kappa shape index (κ2) is 10.8. The number of aromatic nitrogens is 4. The number of carbonyl (C=O) groups excluding carboxylic acids is 1. The quantitative estimate of drug-likeness (QED) is 0.324. The summed E-state index contributed by atoms with van der Waals surface area (Å²) in [6.45, 7) is 2.23. The lowest BCUT2D eigenvalue weighted by Gasteiger charge is -2.07. The lowest BCUT2D eigenvalue weighted by molar-refractivity contribution is -0.113. The number of anilines is 1. The van der Waals surface area contributed by atoms with Gasteiger partial charge in [0, 0.05) is 18.7 Å². The molecule has 0 unspecified atom stereocenters. The molecule has 0 aliphatic carbocycles. The zero-order chi connectivity index (χ0) is 24.0. The van der Waals surface area contributed by atoms with E-state index in [9.17, 15) is 13.2 Å². The molecule has 0 atom stereocenters. The average molecular weight is 497 g/mol. The Balaban J connectivity index is 1.34. The molecule has 2 heterocycles. The van der Waals surface area contributed by atoms with Crippen molar-refractivity contribution in [3.63, 3.8) is 0 Å². The molecule has 0 aliphatic heterocycles. The van der Waals surface area contributed by atoms with E-state index in [-0.39, 0.29) is 23.1 Å². The van der Waals surface area contributed by atoms with Gasteiger partial charge in [0.15, 0.2) is 11.5 Å². The summed E-state index contributed by atoms with van der Waals surface area (Å²) in [4.78, 5) is 12.5. The van der Waals surface area contributed by atoms with Gasteiger partial charge in [-0.3, -0.25) is 4.79 Å². The van der Waals surface area contributed by atoms with E-state index in [1.54, 1.807) is 34.8 Å². The zero-order valence-corrected chi connectivity index (χ0v) is 20.1. The summed E-state index contributed by atoms with van der Waals surface area (Å²) in [5, 5.41) is 16.2. The molecule has 0 fully saturated rings. The van der Waals surface area contributed by atoms with E-state index >= 15 is 0 Å². The number of hydrogen-bond donors (Lipinski definition) is 2. The molecule has 11 heteroatoms. The number of hydrogen-bond acceptors (Lipinski definition) is 7. The largest absolute Gasteiger partial charge is 0.325 e. The molecule has 2 N–H and O–H groups in total. The smallest absolute Gasteiger partial charge is 0.240 e. The molecular formula is C23H24N6O3S2. The third kappa shape index (κ3) is 5.99. The van der Waals surface area contributed by atoms with Crippen molar-refractivity contribution >= 4 is 39.0 Å². The number of sulfonamides is 1.